The number of hydroxylamine groups is 1. The van der Waals surface area contributed by atoms with Gasteiger partial charge in [0.25, 0.3) is 0 Å². The summed E-state index contributed by atoms with van der Waals surface area (Å²) < 4.78 is 13.1. The van der Waals surface area contributed by atoms with E-state index < -0.39 is 0 Å². The molecule has 2 N–H and O–H groups in total. The zero-order valence-electron chi connectivity index (χ0n) is 7.19. The molecule has 66 valence electrons. The molecule has 0 aliphatic carbocycles. The van der Waals surface area contributed by atoms with Gasteiger partial charge in [0.1, 0.15) is 5.82 Å². The van der Waals surface area contributed by atoms with E-state index in [1.807, 2.05) is 5.48 Å². The summed E-state index contributed by atoms with van der Waals surface area (Å²) in [6, 6.07) is 3.43. The number of hydrogen-bond donors (Lipinski definition) is 2. The lowest BCUT2D eigenvalue weighted by Crippen LogP contribution is -2.07. The highest BCUT2D eigenvalue weighted by molar-refractivity contribution is 5.30. The van der Waals surface area contributed by atoms with Crippen LogP contribution in [0.5, 0.6) is 0 Å². The van der Waals surface area contributed by atoms with E-state index in [0.29, 0.717) is 17.7 Å². The monoisotopic (exact) mass is 169 g/mol. The van der Waals surface area contributed by atoms with E-state index in [1.54, 1.807) is 26.0 Å². The molecule has 0 spiro atoms. The number of rotatable bonds is 2. The Morgan fingerprint density at radius 1 is 1.33 bits per heavy atom. The Kier molecular flexibility index (Phi) is 2.78. The van der Waals surface area contributed by atoms with Gasteiger partial charge in [-0.1, -0.05) is 12.1 Å². The maximum absolute atomic E-state index is 13.1. The summed E-state index contributed by atoms with van der Waals surface area (Å²) in [5, 5.41) is 8.43. The van der Waals surface area contributed by atoms with E-state index in [-0.39, 0.29) is 5.82 Å². The number of nitrogens with one attached hydrogen (secondary N) is 1. The van der Waals surface area contributed by atoms with Gasteiger partial charge < -0.3 is 5.21 Å². The van der Waals surface area contributed by atoms with Crippen molar-refractivity contribution in [1.82, 2.24) is 5.48 Å². The maximum atomic E-state index is 13.1. The Morgan fingerprint density at radius 3 is 2.25 bits per heavy atom. The van der Waals surface area contributed by atoms with E-state index in [2.05, 4.69) is 0 Å². The standard InChI is InChI=1S/C9H12FNO/c1-6-3-8(5-11-12)4-7(2)9(6)10/h3-4,11-12H,5H2,1-2H3. The zero-order chi connectivity index (χ0) is 9.14. The third-order valence-corrected chi connectivity index (χ3v) is 1.78. The average Bonchev–Trinajstić information content (AvgIpc) is 2.01. The molecule has 0 aromatic heterocycles. The minimum Gasteiger partial charge on any atom is -0.316 e. The van der Waals surface area contributed by atoms with Gasteiger partial charge in [0, 0.05) is 6.54 Å². The van der Waals surface area contributed by atoms with Crippen LogP contribution in [0.4, 0.5) is 4.39 Å². The minimum atomic E-state index is -0.170. The van der Waals surface area contributed by atoms with Crippen molar-refractivity contribution in [1.29, 1.82) is 0 Å². The van der Waals surface area contributed by atoms with Gasteiger partial charge in [0.05, 0.1) is 0 Å². The van der Waals surface area contributed by atoms with Gasteiger partial charge in [-0.2, -0.15) is 0 Å². The van der Waals surface area contributed by atoms with Crippen molar-refractivity contribution in [3.8, 4) is 0 Å². The third kappa shape index (κ3) is 1.81. The largest absolute Gasteiger partial charge is 0.316 e. The lowest BCUT2D eigenvalue weighted by Gasteiger charge is -2.05. The average molecular weight is 169 g/mol. The van der Waals surface area contributed by atoms with Crippen LogP contribution in [0.1, 0.15) is 16.7 Å². The number of hydrogen-bond acceptors (Lipinski definition) is 2. The first kappa shape index (κ1) is 9.16. The van der Waals surface area contributed by atoms with E-state index in [9.17, 15) is 4.39 Å². The Morgan fingerprint density at radius 2 is 1.83 bits per heavy atom. The van der Waals surface area contributed by atoms with Crippen molar-refractivity contribution < 1.29 is 9.60 Å². The molecule has 0 saturated heterocycles. The quantitative estimate of drug-likeness (QED) is 0.663. The molecule has 0 atom stereocenters. The Labute approximate surface area is 71.0 Å². The summed E-state index contributed by atoms with van der Waals surface area (Å²) >= 11 is 0. The smallest absolute Gasteiger partial charge is 0.129 e. The fourth-order valence-electron chi connectivity index (χ4n) is 1.23. The summed E-state index contributed by atoms with van der Waals surface area (Å²) in [5.41, 5.74) is 4.14. The van der Waals surface area contributed by atoms with Gasteiger partial charge in [0.2, 0.25) is 0 Å². The minimum absolute atomic E-state index is 0.170. The Bertz CT molecular complexity index is 263. The molecule has 0 amide bonds. The third-order valence-electron chi connectivity index (χ3n) is 1.78. The van der Waals surface area contributed by atoms with Crippen LogP contribution >= 0.6 is 0 Å². The zero-order valence-corrected chi connectivity index (χ0v) is 7.19. The molecular formula is C9H12FNO. The molecule has 0 fully saturated rings. The second-order valence-corrected chi connectivity index (χ2v) is 2.88. The first-order chi connectivity index (χ1) is 5.65. The maximum Gasteiger partial charge on any atom is 0.129 e. The number of benzene rings is 1. The molecule has 2 nitrogen and oxygen atoms in total. The highest BCUT2D eigenvalue weighted by Gasteiger charge is 2.02. The molecule has 0 radical (unpaired) electrons. The first-order valence-electron chi connectivity index (χ1n) is 3.77. The van der Waals surface area contributed by atoms with Crippen LogP contribution in [0, 0.1) is 19.7 Å². The second kappa shape index (κ2) is 3.65. The summed E-state index contributed by atoms with van der Waals surface area (Å²) in [5.74, 6) is -0.170. The van der Waals surface area contributed by atoms with Crippen molar-refractivity contribution in [3.05, 3.63) is 34.6 Å². The van der Waals surface area contributed by atoms with Crippen molar-refractivity contribution in [2.24, 2.45) is 0 Å². The van der Waals surface area contributed by atoms with Crippen molar-refractivity contribution in [2.75, 3.05) is 0 Å². The van der Waals surface area contributed by atoms with E-state index in [0.717, 1.165) is 5.56 Å². The molecule has 0 bridgehead atoms. The predicted molar refractivity (Wildman–Crippen MR) is 44.5 cm³/mol. The molecule has 1 aromatic rings. The lowest BCUT2D eigenvalue weighted by atomic mass is 10.1. The SMILES string of the molecule is Cc1cc(CNO)cc(C)c1F. The van der Waals surface area contributed by atoms with E-state index in [1.165, 1.54) is 0 Å². The molecule has 1 aromatic carbocycles. The summed E-state index contributed by atoms with van der Waals surface area (Å²) in [6.45, 7) is 3.77. The van der Waals surface area contributed by atoms with Crippen LogP contribution < -0.4 is 5.48 Å². The molecular weight excluding hydrogens is 157 g/mol. The lowest BCUT2D eigenvalue weighted by molar-refractivity contribution is 0.161. The molecule has 0 unspecified atom stereocenters. The van der Waals surface area contributed by atoms with Crippen LogP contribution in [0.25, 0.3) is 0 Å². The van der Waals surface area contributed by atoms with Crippen molar-refractivity contribution >= 4 is 0 Å². The molecule has 0 saturated carbocycles. The summed E-state index contributed by atoms with van der Waals surface area (Å²) in [7, 11) is 0. The number of aryl methyl sites for hydroxylation is 2. The van der Waals surface area contributed by atoms with Gasteiger partial charge in [0.15, 0.2) is 0 Å². The fourth-order valence-corrected chi connectivity index (χ4v) is 1.23. The van der Waals surface area contributed by atoms with E-state index in [4.69, 9.17) is 5.21 Å². The molecule has 1 rings (SSSR count). The number of halogens is 1. The highest BCUT2D eigenvalue weighted by atomic mass is 19.1. The van der Waals surface area contributed by atoms with Gasteiger partial charge in [-0.05, 0) is 30.5 Å². The molecule has 0 aliphatic rings. The topological polar surface area (TPSA) is 32.3 Å². The van der Waals surface area contributed by atoms with Crippen LogP contribution in [0.15, 0.2) is 12.1 Å². The van der Waals surface area contributed by atoms with Gasteiger partial charge in [-0.15, -0.1) is 0 Å². The van der Waals surface area contributed by atoms with Crippen LogP contribution in [-0.2, 0) is 6.54 Å². The molecule has 0 heterocycles. The molecule has 12 heavy (non-hydrogen) atoms. The molecule has 0 aliphatic heterocycles. The van der Waals surface area contributed by atoms with Gasteiger partial charge in [-0.3, -0.25) is 0 Å². The van der Waals surface area contributed by atoms with Crippen LogP contribution in [0.3, 0.4) is 0 Å². The fraction of sp³-hybridized carbons (Fsp3) is 0.333. The van der Waals surface area contributed by atoms with Crippen LogP contribution in [-0.4, -0.2) is 5.21 Å². The van der Waals surface area contributed by atoms with Crippen LogP contribution in [0.2, 0.25) is 0 Å². The Balaban J connectivity index is 3.04. The van der Waals surface area contributed by atoms with Gasteiger partial charge >= 0.3 is 0 Å². The Hall–Kier alpha value is -0.930. The molecule has 3 heteroatoms. The summed E-state index contributed by atoms with van der Waals surface area (Å²) in [4.78, 5) is 0. The highest BCUT2D eigenvalue weighted by Crippen LogP contribution is 2.14. The first-order valence-corrected chi connectivity index (χ1v) is 3.77. The normalized spacial score (nSPS) is 10.3. The predicted octanol–water partition coefficient (Wildman–Crippen LogP) is 1.92. The second-order valence-electron chi connectivity index (χ2n) is 2.88. The van der Waals surface area contributed by atoms with Crippen molar-refractivity contribution in [2.45, 2.75) is 20.4 Å². The van der Waals surface area contributed by atoms with E-state index >= 15 is 0 Å². The summed E-state index contributed by atoms with van der Waals surface area (Å²) in [6.07, 6.45) is 0. The van der Waals surface area contributed by atoms with Crippen molar-refractivity contribution in [3.63, 3.8) is 0 Å². The van der Waals surface area contributed by atoms with Gasteiger partial charge in [-0.25, -0.2) is 9.87 Å².